The molecule has 0 radical (unpaired) electrons. The van der Waals surface area contributed by atoms with Crippen molar-refractivity contribution in [2.45, 2.75) is 38.8 Å². The highest BCUT2D eigenvalue weighted by atomic mass is 35.5. The summed E-state index contributed by atoms with van der Waals surface area (Å²) in [5, 5.41) is 3.49. The minimum Gasteiger partial charge on any atom is -0.497 e. The number of hydrogen-bond acceptors (Lipinski definition) is 6. The van der Waals surface area contributed by atoms with Gasteiger partial charge in [0.15, 0.2) is 0 Å². The second-order valence-corrected chi connectivity index (χ2v) is 12.1. The number of amides is 2. The number of nitrogens with one attached hydrogen (secondary N) is 1. The van der Waals surface area contributed by atoms with Crippen LogP contribution in [0.1, 0.15) is 30.9 Å². The fraction of sp³-hybridized carbons (Fsp3) is 0.355. The molecule has 3 aromatic rings. The molecule has 2 amide bonds. The number of ether oxygens (including phenoxy) is 2. The van der Waals surface area contributed by atoms with Gasteiger partial charge in [0, 0.05) is 30.6 Å². The van der Waals surface area contributed by atoms with Crippen molar-refractivity contribution in [2.24, 2.45) is 0 Å². The maximum absolute atomic E-state index is 14.2. The number of sulfonamides is 1. The predicted octanol–water partition coefficient (Wildman–Crippen LogP) is 4.68. The van der Waals surface area contributed by atoms with Crippen LogP contribution in [0.4, 0.5) is 5.69 Å². The molecule has 1 atom stereocenters. The molecular formula is C31H38ClN3O6S. The molecule has 0 aliphatic heterocycles. The molecular weight excluding hydrogens is 578 g/mol. The first-order valence-electron chi connectivity index (χ1n) is 13.6. The van der Waals surface area contributed by atoms with Crippen LogP contribution in [0.2, 0.25) is 5.02 Å². The van der Waals surface area contributed by atoms with Crippen LogP contribution in [-0.4, -0.2) is 64.7 Å². The highest BCUT2D eigenvalue weighted by molar-refractivity contribution is 7.92. The summed E-state index contributed by atoms with van der Waals surface area (Å²) in [5.74, 6) is -0.245. The molecule has 0 saturated carbocycles. The van der Waals surface area contributed by atoms with Gasteiger partial charge in [-0.1, -0.05) is 67.4 Å². The lowest BCUT2D eigenvalue weighted by Crippen LogP contribution is -2.53. The van der Waals surface area contributed by atoms with E-state index >= 15 is 0 Å². The molecule has 0 spiro atoms. The summed E-state index contributed by atoms with van der Waals surface area (Å²) in [6.45, 7) is 1.97. The van der Waals surface area contributed by atoms with Crippen molar-refractivity contribution in [2.75, 3.05) is 37.9 Å². The Kier molecular flexibility index (Phi) is 12.1. The summed E-state index contributed by atoms with van der Waals surface area (Å²) >= 11 is 6.10. The smallest absolute Gasteiger partial charge is 0.244 e. The van der Waals surface area contributed by atoms with E-state index in [0.717, 1.165) is 34.5 Å². The molecule has 0 bridgehead atoms. The van der Waals surface area contributed by atoms with E-state index in [1.54, 1.807) is 36.4 Å². The molecule has 42 heavy (non-hydrogen) atoms. The topological polar surface area (TPSA) is 105 Å². The largest absolute Gasteiger partial charge is 0.497 e. The summed E-state index contributed by atoms with van der Waals surface area (Å²) in [6.07, 6.45) is 2.93. The number of anilines is 1. The Hall–Kier alpha value is -3.76. The number of hydrogen-bond donors (Lipinski definition) is 1. The van der Waals surface area contributed by atoms with Gasteiger partial charge in [-0.3, -0.25) is 13.9 Å². The lowest BCUT2D eigenvalue weighted by atomic mass is 10.0. The zero-order chi connectivity index (χ0) is 30.7. The lowest BCUT2D eigenvalue weighted by Gasteiger charge is -2.33. The van der Waals surface area contributed by atoms with Gasteiger partial charge in [0.05, 0.1) is 26.2 Å². The summed E-state index contributed by atoms with van der Waals surface area (Å²) in [4.78, 5) is 29.3. The number of benzene rings is 3. The number of methoxy groups -OCH3 is 2. The third-order valence-corrected chi connectivity index (χ3v) is 8.08. The van der Waals surface area contributed by atoms with E-state index < -0.39 is 28.5 Å². The molecule has 3 rings (SSSR count). The monoisotopic (exact) mass is 615 g/mol. The molecule has 0 aliphatic carbocycles. The normalized spacial score (nSPS) is 11.8. The first-order chi connectivity index (χ1) is 20.1. The number of carbonyl (C=O) groups excluding carboxylic acids is 2. The highest BCUT2D eigenvalue weighted by Gasteiger charge is 2.33. The second kappa shape index (κ2) is 15.5. The van der Waals surface area contributed by atoms with Crippen molar-refractivity contribution in [3.8, 4) is 11.5 Å². The maximum atomic E-state index is 14.2. The summed E-state index contributed by atoms with van der Waals surface area (Å²) < 4.78 is 37.9. The van der Waals surface area contributed by atoms with Crippen molar-refractivity contribution in [3.63, 3.8) is 0 Å². The van der Waals surface area contributed by atoms with E-state index in [9.17, 15) is 18.0 Å². The maximum Gasteiger partial charge on any atom is 0.244 e. The standard InChI is InChI=1S/C31H38ClN3O6S/c1-5-6-18-33-31(37)28(19-23-10-8-7-9-11-23)34(21-24-12-14-25(32)15-13-24)30(36)22-35(42(4,38)39)27-20-26(40-2)16-17-29(27)41-3/h7-17,20,28H,5-6,18-19,21-22H2,1-4H3,(H,33,37). The highest BCUT2D eigenvalue weighted by Crippen LogP contribution is 2.34. The Bertz CT molecular complexity index is 1430. The van der Waals surface area contributed by atoms with E-state index in [1.807, 2.05) is 37.3 Å². The average molecular weight is 616 g/mol. The van der Waals surface area contributed by atoms with E-state index in [-0.39, 0.29) is 30.3 Å². The minimum absolute atomic E-state index is 0.0571. The number of carbonyl (C=O) groups is 2. The Labute approximate surface area is 253 Å². The van der Waals surface area contributed by atoms with Crippen molar-refractivity contribution in [1.29, 1.82) is 0 Å². The second-order valence-electron chi connectivity index (χ2n) is 9.81. The Morgan fingerprint density at radius 2 is 1.64 bits per heavy atom. The van der Waals surface area contributed by atoms with Crippen LogP contribution in [0, 0.1) is 0 Å². The van der Waals surface area contributed by atoms with E-state index in [4.69, 9.17) is 21.1 Å². The Balaban J connectivity index is 2.08. The zero-order valence-electron chi connectivity index (χ0n) is 24.4. The first-order valence-corrected chi connectivity index (χ1v) is 15.8. The molecule has 11 heteroatoms. The molecule has 1 unspecified atom stereocenters. The third kappa shape index (κ3) is 9.12. The summed E-state index contributed by atoms with van der Waals surface area (Å²) in [7, 11) is -1.10. The molecule has 3 aromatic carbocycles. The number of unbranched alkanes of at least 4 members (excludes halogenated alkanes) is 1. The van der Waals surface area contributed by atoms with Gasteiger partial charge in [-0.15, -0.1) is 0 Å². The van der Waals surface area contributed by atoms with Crippen molar-refractivity contribution < 1.29 is 27.5 Å². The van der Waals surface area contributed by atoms with Crippen molar-refractivity contribution in [3.05, 3.63) is 88.9 Å². The van der Waals surface area contributed by atoms with Gasteiger partial charge in [-0.2, -0.15) is 0 Å². The van der Waals surface area contributed by atoms with E-state index in [1.165, 1.54) is 25.2 Å². The van der Waals surface area contributed by atoms with Gasteiger partial charge in [-0.25, -0.2) is 8.42 Å². The van der Waals surface area contributed by atoms with Gasteiger partial charge in [0.25, 0.3) is 0 Å². The zero-order valence-corrected chi connectivity index (χ0v) is 26.0. The molecule has 1 N–H and O–H groups in total. The van der Waals surface area contributed by atoms with Gasteiger partial charge in [0.1, 0.15) is 24.1 Å². The SMILES string of the molecule is CCCCNC(=O)C(Cc1ccccc1)N(Cc1ccc(Cl)cc1)C(=O)CN(c1cc(OC)ccc1OC)S(C)(=O)=O. The fourth-order valence-corrected chi connectivity index (χ4v) is 5.40. The van der Waals surface area contributed by atoms with E-state index in [0.29, 0.717) is 17.3 Å². The molecule has 226 valence electrons. The van der Waals surface area contributed by atoms with Gasteiger partial charge < -0.3 is 19.7 Å². The summed E-state index contributed by atoms with van der Waals surface area (Å²) in [6, 6.07) is 20.1. The molecule has 0 fully saturated rings. The molecule has 0 heterocycles. The molecule has 0 aliphatic rings. The minimum atomic E-state index is -3.97. The fourth-order valence-electron chi connectivity index (χ4n) is 4.43. The number of rotatable bonds is 15. The van der Waals surface area contributed by atoms with Crippen LogP contribution >= 0.6 is 11.6 Å². The number of nitrogens with zero attached hydrogens (tertiary/aromatic N) is 2. The van der Waals surface area contributed by atoms with Gasteiger partial charge in [-0.05, 0) is 41.8 Å². The Morgan fingerprint density at radius 1 is 0.952 bits per heavy atom. The summed E-state index contributed by atoms with van der Waals surface area (Å²) in [5.41, 5.74) is 1.74. The first kappa shape index (κ1) is 32.8. The van der Waals surface area contributed by atoms with E-state index in [2.05, 4.69) is 5.32 Å². The van der Waals surface area contributed by atoms with Crippen LogP contribution < -0.4 is 19.1 Å². The molecule has 0 aromatic heterocycles. The van der Waals surface area contributed by atoms with Crippen LogP contribution in [0.15, 0.2) is 72.8 Å². The van der Waals surface area contributed by atoms with Crippen LogP contribution in [0.25, 0.3) is 0 Å². The van der Waals surface area contributed by atoms with Crippen LogP contribution in [0.3, 0.4) is 0 Å². The van der Waals surface area contributed by atoms with Crippen molar-refractivity contribution in [1.82, 2.24) is 10.2 Å². The Morgan fingerprint density at radius 3 is 2.24 bits per heavy atom. The van der Waals surface area contributed by atoms with Gasteiger partial charge in [0.2, 0.25) is 21.8 Å². The van der Waals surface area contributed by atoms with Crippen molar-refractivity contribution >= 4 is 39.1 Å². The van der Waals surface area contributed by atoms with Crippen LogP contribution in [-0.2, 0) is 32.6 Å². The lowest BCUT2D eigenvalue weighted by molar-refractivity contribution is -0.140. The quantitative estimate of drug-likeness (QED) is 0.249. The third-order valence-electron chi connectivity index (χ3n) is 6.70. The molecule has 9 nitrogen and oxygen atoms in total. The van der Waals surface area contributed by atoms with Gasteiger partial charge >= 0.3 is 0 Å². The average Bonchev–Trinajstić information content (AvgIpc) is 2.98. The van der Waals surface area contributed by atoms with Crippen LogP contribution in [0.5, 0.6) is 11.5 Å². The predicted molar refractivity (Wildman–Crippen MR) is 166 cm³/mol. The molecule has 0 saturated heterocycles. The number of halogens is 1.